The Morgan fingerprint density at radius 3 is 2.57 bits per heavy atom. The first-order chi connectivity index (χ1) is 9.92. The molecule has 0 aromatic heterocycles. The van der Waals surface area contributed by atoms with Crippen LogP contribution < -0.4 is 10.1 Å². The number of methoxy groups -OCH3 is 1. The van der Waals surface area contributed by atoms with E-state index in [1.54, 1.807) is 31.4 Å². The molecule has 1 N–H and O–H groups in total. The van der Waals surface area contributed by atoms with Crippen molar-refractivity contribution in [2.24, 2.45) is 0 Å². The van der Waals surface area contributed by atoms with Crippen LogP contribution >= 0.6 is 43.5 Å². The Bertz CT molecular complexity index is 704. The van der Waals surface area contributed by atoms with Crippen molar-refractivity contribution in [3.63, 3.8) is 0 Å². The van der Waals surface area contributed by atoms with Crippen molar-refractivity contribution >= 4 is 55.1 Å². The number of aryl methyl sites for hydroxylation is 1. The molecule has 0 radical (unpaired) electrons. The van der Waals surface area contributed by atoms with Crippen molar-refractivity contribution in [3.8, 4) is 5.75 Å². The zero-order valence-electron chi connectivity index (χ0n) is 11.3. The van der Waals surface area contributed by atoms with Gasteiger partial charge in [-0.25, -0.2) is 0 Å². The largest absolute Gasteiger partial charge is 0.495 e. The Balaban J connectivity index is 2.38. The summed E-state index contributed by atoms with van der Waals surface area (Å²) in [5.41, 5.74) is 1.91. The van der Waals surface area contributed by atoms with Crippen molar-refractivity contribution in [1.29, 1.82) is 0 Å². The Labute approximate surface area is 144 Å². The van der Waals surface area contributed by atoms with Crippen LogP contribution in [0.4, 0.5) is 5.69 Å². The summed E-state index contributed by atoms with van der Waals surface area (Å²) >= 11 is 12.8. The molecule has 110 valence electrons. The lowest BCUT2D eigenvalue weighted by Gasteiger charge is -2.14. The van der Waals surface area contributed by atoms with Crippen molar-refractivity contribution in [2.75, 3.05) is 12.4 Å². The molecule has 0 fully saturated rings. The minimum absolute atomic E-state index is 0.287. The molecule has 0 saturated carbocycles. The summed E-state index contributed by atoms with van der Waals surface area (Å²) in [6.45, 7) is 1.89. The minimum Gasteiger partial charge on any atom is -0.495 e. The molecule has 0 spiro atoms. The molecule has 0 bridgehead atoms. The fourth-order valence-electron chi connectivity index (χ4n) is 1.89. The minimum atomic E-state index is -0.287. The van der Waals surface area contributed by atoms with Crippen molar-refractivity contribution in [3.05, 3.63) is 55.4 Å². The predicted octanol–water partition coefficient (Wildman–Crippen LogP) is 5.43. The third-order valence-corrected chi connectivity index (χ3v) is 4.18. The SMILES string of the molecule is COc1cc(Br)cc(C)c1NC(=O)c1cc(Br)ccc1Cl. The van der Waals surface area contributed by atoms with Gasteiger partial charge < -0.3 is 10.1 Å². The maximum absolute atomic E-state index is 12.4. The van der Waals surface area contributed by atoms with E-state index in [0.29, 0.717) is 22.0 Å². The Kier molecular flexibility index (Phi) is 5.30. The van der Waals surface area contributed by atoms with E-state index in [-0.39, 0.29) is 5.91 Å². The Hall–Kier alpha value is -1.04. The molecule has 6 heteroatoms. The number of rotatable bonds is 3. The third kappa shape index (κ3) is 3.78. The summed E-state index contributed by atoms with van der Waals surface area (Å²) in [5, 5.41) is 3.24. The Morgan fingerprint density at radius 2 is 1.90 bits per heavy atom. The highest BCUT2D eigenvalue weighted by atomic mass is 79.9. The molecule has 1 amide bonds. The average Bonchev–Trinajstić information content (AvgIpc) is 2.43. The first-order valence-corrected chi connectivity index (χ1v) is 7.99. The fourth-order valence-corrected chi connectivity index (χ4v) is 3.00. The van der Waals surface area contributed by atoms with Gasteiger partial charge in [-0.2, -0.15) is 0 Å². The molecule has 0 atom stereocenters. The lowest BCUT2D eigenvalue weighted by Crippen LogP contribution is -2.14. The first-order valence-electron chi connectivity index (χ1n) is 6.03. The van der Waals surface area contributed by atoms with Crippen LogP contribution in [-0.2, 0) is 0 Å². The van der Waals surface area contributed by atoms with Crippen molar-refractivity contribution in [1.82, 2.24) is 0 Å². The second-order valence-electron chi connectivity index (χ2n) is 4.38. The van der Waals surface area contributed by atoms with Crippen LogP contribution in [0.3, 0.4) is 0 Å². The monoisotopic (exact) mass is 431 g/mol. The molecular weight excluding hydrogens is 421 g/mol. The molecule has 0 unspecified atom stereocenters. The number of halogens is 3. The summed E-state index contributed by atoms with van der Waals surface area (Å²) in [5.74, 6) is 0.298. The molecule has 0 saturated heterocycles. The number of anilines is 1. The number of nitrogens with one attached hydrogen (secondary N) is 1. The van der Waals surface area contributed by atoms with E-state index in [4.69, 9.17) is 16.3 Å². The van der Waals surface area contributed by atoms with E-state index in [1.807, 2.05) is 13.0 Å². The van der Waals surface area contributed by atoms with E-state index >= 15 is 0 Å². The van der Waals surface area contributed by atoms with Crippen LogP contribution in [-0.4, -0.2) is 13.0 Å². The van der Waals surface area contributed by atoms with Crippen LogP contribution in [0, 0.1) is 6.92 Å². The number of ether oxygens (including phenoxy) is 1. The highest BCUT2D eigenvalue weighted by Crippen LogP contribution is 2.33. The van der Waals surface area contributed by atoms with Crippen LogP contribution in [0.2, 0.25) is 5.02 Å². The van der Waals surface area contributed by atoms with Gasteiger partial charge in [0, 0.05) is 8.95 Å². The van der Waals surface area contributed by atoms with Gasteiger partial charge in [-0.3, -0.25) is 4.79 Å². The van der Waals surface area contributed by atoms with Gasteiger partial charge in [0.15, 0.2) is 0 Å². The zero-order valence-corrected chi connectivity index (χ0v) is 15.3. The van der Waals surface area contributed by atoms with Gasteiger partial charge in [0.25, 0.3) is 5.91 Å². The van der Waals surface area contributed by atoms with Crippen molar-refractivity contribution in [2.45, 2.75) is 6.92 Å². The van der Waals surface area contributed by atoms with E-state index in [0.717, 1.165) is 14.5 Å². The first kappa shape index (κ1) is 16.3. The van der Waals surface area contributed by atoms with Crippen molar-refractivity contribution < 1.29 is 9.53 Å². The molecule has 2 aromatic rings. The maximum atomic E-state index is 12.4. The quantitative estimate of drug-likeness (QED) is 0.701. The van der Waals surface area contributed by atoms with Crippen LogP contribution in [0.15, 0.2) is 39.3 Å². The van der Waals surface area contributed by atoms with E-state index in [2.05, 4.69) is 37.2 Å². The third-order valence-electron chi connectivity index (χ3n) is 2.90. The molecule has 2 rings (SSSR count). The molecule has 0 aliphatic heterocycles. The fraction of sp³-hybridized carbons (Fsp3) is 0.133. The number of carbonyl (C=O) groups excluding carboxylic acids is 1. The second-order valence-corrected chi connectivity index (χ2v) is 6.62. The summed E-state index contributed by atoms with van der Waals surface area (Å²) in [6.07, 6.45) is 0. The zero-order chi connectivity index (χ0) is 15.6. The maximum Gasteiger partial charge on any atom is 0.257 e. The van der Waals surface area contributed by atoms with E-state index in [9.17, 15) is 4.79 Å². The van der Waals surface area contributed by atoms with Gasteiger partial charge in [-0.15, -0.1) is 0 Å². The van der Waals surface area contributed by atoms with E-state index < -0.39 is 0 Å². The van der Waals surface area contributed by atoms with Gasteiger partial charge in [0.1, 0.15) is 5.75 Å². The Morgan fingerprint density at radius 1 is 1.19 bits per heavy atom. The average molecular weight is 434 g/mol. The van der Waals surface area contributed by atoms with Gasteiger partial charge in [0.2, 0.25) is 0 Å². The number of carbonyl (C=O) groups is 1. The summed E-state index contributed by atoms with van der Waals surface area (Å²) in [7, 11) is 1.56. The molecule has 2 aromatic carbocycles. The lowest BCUT2D eigenvalue weighted by molar-refractivity contribution is 0.102. The molecule has 3 nitrogen and oxygen atoms in total. The lowest BCUT2D eigenvalue weighted by atomic mass is 10.1. The predicted molar refractivity (Wildman–Crippen MR) is 92.5 cm³/mol. The van der Waals surface area contributed by atoms with Crippen LogP contribution in [0.5, 0.6) is 5.75 Å². The standard InChI is InChI=1S/C15H12Br2ClNO2/c1-8-5-10(17)7-13(21-2)14(8)19-15(20)11-6-9(16)3-4-12(11)18/h3-7H,1-2H3,(H,19,20). The molecule has 0 aliphatic rings. The molecule has 0 heterocycles. The molecule has 0 aliphatic carbocycles. The molecular formula is C15H12Br2ClNO2. The summed E-state index contributed by atoms with van der Waals surface area (Å²) < 4.78 is 6.98. The van der Waals surface area contributed by atoms with Gasteiger partial charge in [-0.1, -0.05) is 43.5 Å². The highest BCUT2D eigenvalue weighted by molar-refractivity contribution is 9.10. The van der Waals surface area contributed by atoms with Gasteiger partial charge >= 0.3 is 0 Å². The number of hydrogen-bond acceptors (Lipinski definition) is 2. The normalized spacial score (nSPS) is 10.3. The van der Waals surface area contributed by atoms with Crippen LogP contribution in [0.1, 0.15) is 15.9 Å². The van der Waals surface area contributed by atoms with Gasteiger partial charge in [0.05, 0.1) is 23.4 Å². The topological polar surface area (TPSA) is 38.3 Å². The second kappa shape index (κ2) is 6.81. The molecule has 21 heavy (non-hydrogen) atoms. The summed E-state index contributed by atoms with van der Waals surface area (Å²) in [4.78, 5) is 12.4. The van der Waals surface area contributed by atoms with Gasteiger partial charge in [-0.05, 0) is 42.8 Å². The number of hydrogen-bond donors (Lipinski definition) is 1. The van der Waals surface area contributed by atoms with Crippen LogP contribution in [0.25, 0.3) is 0 Å². The summed E-state index contributed by atoms with van der Waals surface area (Å²) in [6, 6.07) is 8.83. The van der Waals surface area contributed by atoms with E-state index in [1.165, 1.54) is 0 Å². The smallest absolute Gasteiger partial charge is 0.257 e. The number of benzene rings is 2. The number of amides is 1. The highest BCUT2D eigenvalue weighted by Gasteiger charge is 2.15.